The van der Waals surface area contributed by atoms with Gasteiger partial charge in [0.1, 0.15) is 12.7 Å². The van der Waals surface area contributed by atoms with Gasteiger partial charge >= 0.3 is 12.1 Å². The molecule has 0 aromatic heterocycles. The quantitative estimate of drug-likeness (QED) is 0.619. The zero-order valence-corrected chi connectivity index (χ0v) is 13.8. The summed E-state index contributed by atoms with van der Waals surface area (Å²) in [6.07, 6.45) is -0.549. The van der Waals surface area contributed by atoms with Gasteiger partial charge in [0.05, 0.1) is 0 Å². The summed E-state index contributed by atoms with van der Waals surface area (Å²) in [7, 11) is 0. The first-order valence-corrected chi connectivity index (χ1v) is 7.20. The highest BCUT2D eigenvalue weighted by Crippen LogP contribution is 2.30. The summed E-state index contributed by atoms with van der Waals surface area (Å²) in [5.74, 6) is -0.588. The maximum absolute atomic E-state index is 11.6. The highest BCUT2D eigenvalue weighted by molar-refractivity contribution is 5.81. The molecule has 1 unspecified atom stereocenters. The van der Waals surface area contributed by atoms with Crippen molar-refractivity contribution in [2.75, 3.05) is 6.61 Å². The van der Waals surface area contributed by atoms with Crippen LogP contribution in [-0.4, -0.2) is 24.8 Å². The topological polar surface area (TPSA) is 78.6 Å². The highest BCUT2D eigenvalue weighted by Gasteiger charge is 2.35. The van der Waals surface area contributed by atoms with Crippen LogP contribution in [0.4, 0.5) is 4.79 Å². The van der Waals surface area contributed by atoms with Gasteiger partial charge in [0.15, 0.2) is 0 Å². The molecule has 0 saturated heterocycles. The molecule has 1 rings (SSSR count). The van der Waals surface area contributed by atoms with Crippen molar-refractivity contribution >= 4 is 17.6 Å². The van der Waals surface area contributed by atoms with E-state index in [4.69, 9.17) is 15.2 Å². The van der Waals surface area contributed by atoms with E-state index < -0.39 is 23.6 Å². The van der Waals surface area contributed by atoms with Crippen LogP contribution >= 0.6 is 0 Å². The zero-order chi connectivity index (χ0) is 17.6. The predicted molar refractivity (Wildman–Crippen MR) is 89.8 cm³/mol. The summed E-state index contributed by atoms with van der Waals surface area (Å²) >= 11 is 0. The molecule has 0 fully saturated rings. The number of ether oxygens (including phenoxy) is 2. The van der Waals surface area contributed by atoms with Crippen molar-refractivity contribution < 1.29 is 19.1 Å². The highest BCUT2D eigenvalue weighted by atomic mass is 16.6. The number of carbonyl (C=O) groups is 2. The van der Waals surface area contributed by atoms with Crippen LogP contribution in [0, 0.1) is 0 Å². The Bertz CT molecular complexity index is 602. The van der Waals surface area contributed by atoms with E-state index in [0.29, 0.717) is 0 Å². The van der Waals surface area contributed by atoms with E-state index in [-0.39, 0.29) is 6.61 Å². The molecule has 0 radical (unpaired) electrons. The number of hydrogen-bond donors (Lipinski definition) is 1. The molecule has 1 aromatic rings. The first kappa shape index (κ1) is 18.5. The van der Waals surface area contributed by atoms with Crippen molar-refractivity contribution in [2.24, 2.45) is 5.73 Å². The molecule has 2 N–H and O–H groups in total. The minimum atomic E-state index is -0.918. The van der Waals surface area contributed by atoms with Crippen LogP contribution in [0.15, 0.2) is 43.5 Å². The third-order valence-corrected chi connectivity index (χ3v) is 3.73. The smallest absolute Gasteiger partial charge is 0.404 e. The second-order valence-electron chi connectivity index (χ2n) is 5.84. The van der Waals surface area contributed by atoms with Gasteiger partial charge in [-0.1, -0.05) is 56.8 Å². The molecule has 0 aliphatic carbocycles. The first-order valence-electron chi connectivity index (χ1n) is 7.20. The lowest BCUT2D eigenvalue weighted by Crippen LogP contribution is -2.41. The standard InChI is InChI=1S/C18H23NO4/c1-6-16(20)23-15(11-22-17(19)21)18(4,5)14-9-7-13(8-10-14)12(2)3/h6-10,15H,1-2,11H2,3-5H3,(H2,19,21). The van der Waals surface area contributed by atoms with Crippen LogP contribution in [0.2, 0.25) is 0 Å². The average Bonchev–Trinajstić information content (AvgIpc) is 2.50. The molecular formula is C18H23NO4. The minimum Gasteiger partial charge on any atom is -0.455 e. The maximum atomic E-state index is 11.6. The van der Waals surface area contributed by atoms with Gasteiger partial charge in [-0.2, -0.15) is 0 Å². The van der Waals surface area contributed by atoms with E-state index >= 15 is 0 Å². The number of hydrogen-bond acceptors (Lipinski definition) is 4. The molecule has 0 saturated carbocycles. The third-order valence-electron chi connectivity index (χ3n) is 3.73. The second-order valence-corrected chi connectivity index (χ2v) is 5.84. The summed E-state index contributed by atoms with van der Waals surface area (Å²) < 4.78 is 10.2. The van der Waals surface area contributed by atoms with Crippen LogP contribution in [0.3, 0.4) is 0 Å². The van der Waals surface area contributed by atoms with Gasteiger partial charge in [0.25, 0.3) is 0 Å². The van der Waals surface area contributed by atoms with Crippen molar-refractivity contribution in [3.8, 4) is 0 Å². The summed E-state index contributed by atoms with van der Waals surface area (Å²) in [6, 6.07) is 7.76. The summed E-state index contributed by atoms with van der Waals surface area (Å²) in [6.45, 7) is 12.9. The van der Waals surface area contributed by atoms with Crippen molar-refractivity contribution in [1.29, 1.82) is 0 Å². The Balaban J connectivity index is 3.08. The molecule has 0 heterocycles. The lowest BCUT2D eigenvalue weighted by atomic mass is 9.79. The van der Waals surface area contributed by atoms with Crippen molar-refractivity contribution in [2.45, 2.75) is 32.3 Å². The fraction of sp³-hybridized carbons (Fsp3) is 0.333. The maximum Gasteiger partial charge on any atom is 0.404 e. The van der Waals surface area contributed by atoms with Gasteiger partial charge in [-0.25, -0.2) is 9.59 Å². The van der Waals surface area contributed by atoms with Crippen LogP contribution in [-0.2, 0) is 19.7 Å². The molecule has 0 aliphatic rings. The molecule has 5 nitrogen and oxygen atoms in total. The van der Waals surface area contributed by atoms with E-state index in [9.17, 15) is 9.59 Å². The molecule has 23 heavy (non-hydrogen) atoms. The fourth-order valence-corrected chi connectivity index (χ4v) is 2.11. The summed E-state index contributed by atoms with van der Waals surface area (Å²) in [4.78, 5) is 22.4. The molecule has 5 heteroatoms. The molecule has 0 bridgehead atoms. The van der Waals surface area contributed by atoms with Crippen molar-refractivity contribution in [3.05, 3.63) is 54.6 Å². The Hall–Kier alpha value is -2.56. The van der Waals surface area contributed by atoms with Gasteiger partial charge < -0.3 is 15.2 Å². The molecule has 0 spiro atoms. The molecule has 1 amide bonds. The zero-order valence-electron chi connectivity index (χ0n) is 13.8. The Morgan fingerprint density at radius 2 is 1.87 bits per heavy atom. The Labute approximate surface area is 136 Å². The first-order chi connectivity index (χ1) is 10.7. The van der Waals surface area contributed by atoms with E-state index in [1.807, 2.05) is 45.0 Å². The number of rotatable bonds is 7. The van der Waals surface area contributed by atoms with Crippen LogP contribution < -0.4 is 5.73 Å². The van der Waals surface area contributed by atoms with Crippen LogP contribution in [0.25, 0.3) is 5.57 Å². The van der Waals surface area contributed by atoms with E-state index in [0.717, 1.165) is 22.8 Å². The number of amides is 1. The number of carbonyl (C=O) groups excluding carboxylic acids is 2. The summed E-state index contributed by atoms with van der Waals surface area (Å²) in [5.41, 5.74) is 7.33. The minimum absolute atomic E-state index is 0.135. The van der Waals surface area contributed by atoms with Crippen LogP contribution in [0.1, 0.15) is 31.9 Å². The largest absolute Gasteiger partial charge is 0.455 e. The van der Waals surface area contributed by atoms with Gasteiger partial charge in [-0.05, 0) is 18.1 Å². The third kappa shape index (κ3) is 4.98. The fourth-order valence-electron chi connectivity index (χ4n) is 2.11. The number of allylic oxidation sites excluding steroid dienone is 1. The van der Waals surface area contributed by atoms with Crippen molar-refractivity contribution in [3.63, 3.8) is 0 Å². The average molecular weight is 317 g/mol. The van der Waals surface area contributed by atoms with Gasteiger partial charge in [0.2, 0.25) is 0 Å². The number of primary amides is 1. The van der Waals surface area contributed by atoms with E-state index in [2.05, 4.69) is 13.2 Å². The van der Waals surface area contributed by atoms with Gasteiger partial charge in [-0.3, -0.25) is 0 Å². The summed E-state index contributed by atoms with van der Waals surface area (Å²) in [5, 5.41) is 0. The molecular weight excluding hydrogens is 294 g/mol. The lowest BCUT2D eigenvalue weighted by Gasteiger charge is -2.33. The predicted octanol–water partition coefficient (Wildman–Crippen LogP) is 3.19. The Morgan fingerprint density at radius 1 is 1.30 bits per heavy atom. The van der Waals surface area contributed by atoms with E-state index in [1.165, 1.54) is 0 Å². The van der Waals surface area contributed by atoms with E-state index in [1.54, 1.807) is 0 Å². The molecule has 1 atom stereocenters. The lowest BCUT2D eigenvalue weighted by molar-refractivity contribution is -0.148. The molecule has 1 aromatic carbocycles. The number of nitrogens with two attached hydrogens (primary N) is 1. The van der Waals surface area contributed by atoms with Gasteiger partial charge in [0, 0.05) is 11.5 Å². The SMILES string of the molecule is C=CC(=O)OC(COC(N)=O)C(C)(C)c1ccc(C(=C)C)cc1. The number of benzene rings is 1. The van der Waals surface area contributed by atoms with Crippen LogP contribution in [0.5, 0.6) is 0 Å². The number of esters is 1. The Morgan fingerprint density at radius 3 is 2.30 bits per heavy atom. The monoisotopic (exact) mass is 317 g/mol. The normalized spacial score (nSPS) is 12.1. The molecule has 0 aliphatic heterocycles. The van der Waals surface area contributed by atoms with Crippen molar-refractivity contribution in [1.82, 2.24) is 0 Å². The Kier molecular flexibility index (Phi) is 6.13. The second kappa shape index (κ2) is 7.63. The molecule has 124 valence electrons. The van der Waals surface area contributed by atoms with Gasteiger partial charge in [-0.15, -0.1) is 0 Å².